The number of hydrogen-bond acceptors (Lipinski definition) is 4. The van der Waals surface area contributed by atoms with Crippen LogP contribution in [-0.2, 0) is 14.4 Å². The van der Waals surface area contributed by atoms with Crippen LogP contribution in [0.3, 0.4) is 0 Å². The molecule has 0 aliphatic heterocycles. The summed E-state index contributed by atoms with van der Waals surface area (Å²) in [6.07, 6.45) is 1.92. The molecular formula is C9H15NO4. The van der Waals surface area contributed by atoms with E-state index in [1.807, 2.05) is 6.92 Å². The van der Waals surface area contributed by atoms with E-state index in [9.17, 15) is 9.59 Å². The van der Waals surface area contributed by atoms with Crippen molar-refractivity contribution in [3.63, 3.8) is 0 Å². The van der Waals surface area contributed by atoms with Crippen LogP contribution in [0.15, 0.2) is 5.16 Å². The normalized spacial score (nSPS) is 11.1. The molecule has 0 aromatic carbocycles. The van der Waals surface area contributed by atoms with Gasteiger partial charge in [-0.3, -0.25) is 4.79 Å². The Labute approximate surface area is 82.7 Å². The van der Waals surface area contributed by atoms with Crippen LogP contribution in [0.4, 0.5) is 0 Å². The van der Waals surface area contributed by atoms with E-state index >= 15 is 0 Å². The first-order chi connectivity index (χ1) is 6.61. The summed E-state index contributed by atoms with van der Waals surface area (Å²) in [6.45, 7) is 1.97. The minimum atomic E-state index is -1.21. The molecule has 0 heterocycles. The second kappa shape index (κ2) is 7.06. The van der Waals surface area contributed by atoms with Gasteiger partial charge in [0.2, 0.25) is 0 Å². The van der Waals surface area contributed by atoms with Crippen LogP contribution in [-0.4, -0.2) is 29.7 Å². The van der Waals surface area contributed by atoms with E-state index in [0.29, 0.717) is 6.42 Å². The highest BCUT2D eigenvalue weighted by atomic mass is 16.6. The molecule has 0 fully saturated rings. The maximum atomic E-state index is 11.2. The predicted octanol–water partition coefficient (Wildman–Crippen LogP) is 1.22. The number of carboxylic acid groups (broad SMARTS) is 1. The molecule has 0 aromatic rings. The van der Waals surface area contributed by atoms with Gasteiger partial charge in [-0.15, -0.1) is 0 Å². The lowest BCUT2D eigenvalue weighted by Crippen LogP contribution is -2.17. The first kappa shape index (κ1) is 12.6. The predicted molar refractivity (Wildman–Crippen MR) is 51.2 cm³/mol. The first-order valence-electron chi connectivity index (χ1n) is 4.46. The molecule has 5 nitrogen and oxygen atoms in total. The zero-order chi connectivity index (χ0) is 11.0. The Hall–Kier alpha value is -1.39. The second-order valence-electron chi connectivity index (χ2n) is 2.84. The van der Waals surface area contributed by atoms with E-state index in [2.05, 4.69) is 9.99 Å². The van der Waals surface area contributed by atoms with Gasteiger partial charge in [-0.05, 0) is 6.42 Å². The lowest BCUT2D eigenvalue weighted by Gasteiger charge is -1.99. The van der Waals surface area contributed by atoms with Gasteiger partial charge in [-0.25, -0.2) is 4.79 Å². The highest BCUT2D eigenvalue weighted by Crippen LogP contribution is 2.00. The van der Waals surface area contributed by atoms with E-state index in [1.54, 1.807) is 0 Å². The van der Waals surface area contributed by atoms with Crippen LogP contribution >= 0.6 is 0 Å². The second-order valence-corrected chi connectivity index (χ2v) is 2.84. The molecule has 0 unspecified atom stereocenters. The van der Waals surface area contributed by atoms with E-state index in [0.717, 1.165) is 12.8 Å². The van der Waals surface area contributed by atoms with Crippen molar-refractivity contribution in [1.29, 1.82) is 0 Å². The molecule has 0 aliphatic carbocycles. The van der Waals surface area contributed by atoms with E-state index in [-0.39, 0.29) is 17.9 Å². The number of hydrogen-bond donors (Lipinski definition) is 1. The molecule has 0 aromatic heterocycles. The maximum absolute atomic E-state index is 11.2. The van der Waals surface area contributed by atoms with Gasteiger partial charge in [0.15, 0.2) is 5.71 Å². The Morgan fingerprint density at radius 1 is 1.43 bits per heavy atom. The third-order valence-corrected chi connectivity index (χ3v) is 1.62. The van der Waals surface area contributed by atoms with Crippen molar-refractivity contribution in [1.82, 2.24) is 0 Å². The summed E-state index contributed by atoms with van der Waals surface area (Å²) in [5, 5.41) is 11.9. The molecule has 14 heavy (non-hydrogen) atoms. The molecule has 0 saturated carbocycles. The first-order valence-corrected chi connectivity index (χ1v) is 4.46. The average molecular weight is 201 g/mol. The Kier molecular flexibility index (Phi) is 6.36. The monoisotopic (exact) mass is 201 g/mol. The SMILES string of the molecule is CCCCC(=O)C/C(=N/OC)C(=O)O. The van der Waals surface area contributed by atoms with Crippen LogP contribution in [0.2, 0.25) is 0 Å². The number of carboxylic acids is 1. The summed E-state index contributed by atoms with van der Waals surface area (Å²) >= 11 is 0. The molecule has 1 N–H and O–H groups in total. The molecule has 0 radical (unpaired) electrons. The third-order valence-electron chi connectivity index (χ3n) is 1.62. The minimum Gasteiger partial charge on any atom is -0.477 e. The van der Waals surface area contributed by atoms with Gasteiger partial charge in [-0.1, -0.05) is 18.5 Å². The van der Waals surface area contributed by atoms with Crippen LogP contribution < -0.4 is 0 Å². The number of unbranched alkanes of at least 4 members (excludes halogenated alkanes) is 1. The minimum absolute atomic E-state index is 0.120. The number of oxime groups is 1. The molecule has 0 aliphatic rings. The number of Topliss-reactive ketones (excluding diaryl/α,β-unsaturated/α-hetero) is 1. The van der Waals surface area contributed by atoms with Crippen LogP contribution in [0.1, 0.15) is 32.6 Å². The Morgan fingerprint density at radius 3 is 2.50 bits per heavy atom. The van der Waals surface area contributed by atoms with Crippen molar-refractivity contribution >= 4 is 17.5 Å². The van der Waals surface area contributed by atoms with Crippen LogP contribution in [0, 0.1) is 0 Å². The summed E-state index contributed by atoms with van der Waals surface area (Å²) in [5.41, 5.74) is -0.242. The zero-order valence-electron chi connectivity index (χ0n) is 8.45. The zero-order valence-corrected chi connectivity index (χ0v) is 8.45. The lowest BCUT2D eigenvalue weighted by molar-refractivity contribution is -0.130. The molecule has 0 spiro atoms. The molecule has 5 heteroatoms. The van der Waals surface area contributed by atoms with E-state index < -0.39 is 5.97 Å². The topological polar surface area (TPSA) is 76.0 Å². The molecule has 0 rings (SSSR count). The number of carbonyl (C=O) groups is 2. The van der Waals surface area contributed by atoms with Gasteiger partial charge in [0.05, 0.1) is 6.42 Å². The van der Waals surface area contributed by atoms with Crippen molar-refractivity contribution in [3.8, 4) is 0 Å². The molecular weight excluding hydrogens is 186 g/mol. The van der Waals surface area contributed by atoms with E-state index in [4.69, 9.17) is 5.11 Å². The summed E-state index contributed by atoms with van der Waals surface area (Å²) in [7, 11) is 1.25. The highest BCUT2D eigenvalue weighted by Gasteiger charge is 2.14. The molecule has 0 atom stereocenters. The van der Waals surface area contributed by atoms with Gasteiger partial charge >= 0.3 is 5.97 Å². The number of aliphatic carboxylic acids is 1. The standard InChI is InChI=1S/C9H15NO4/c1-3-4-5-7(11)6-8(9(12)13)10-14-2/h3-6H2,1-2H3,(H,12,13)/b10-8-. The smallest absolute Gasteiger partial charge is 0.354 e. The maximum Gasteiger partial charge on any atom is 0.354 e. The van der Waals surface area contributed by atoms with Crippen molar-refractivity contribution in [2.45, 2.75) is 32.6 Å². The summed E-state index contributed by atoms with van der Waals surface area (Å²) in [5.74, 6) is -1.33. The van der Waals surface area contributed by atoms with Crippen molar-refractivity contribution in [2.75, 3.05) is 7.11 Å². The van der Waals surface area contributed by atoms with Gasteiger partial charge in [0.25, 0.3) is 0 Å². The molecule has 80 valence electrons. The van der Waals surface area contributed by atoms with Crippen molar-refractivity contribution in [3.05, 3.63) is 0 Å². The number of ketones is 1. The van der Waals surface area contributed by atoms with Crippen LogP contribution in [0.5, 0.6) is 0 Å². The lowest BCUT2D eigenvalue weighted by atomic mass is 10.1. The van der Waals surface area contributed by atoms with Crippen molar-refractivity contribution in [2.24, 2.45) is 5.16 Å². The Bertz CT molecular complexity index is 235. The summed E-state index contributed by atoms with van der Waals surface area (Å²) < 4.78 is 0. The van der Waals surface area contributed by atoms with E-state index in [1.165, 1.54) is 7.11 Å². The number of nitrogens with zero attached hydrogens (tertiary/aromatic N) is 1. The summed E-state index contributed by atoms with van der Waals surface area (Å²) in [4.78, 5) is 26.1. The van der Waals surface area contributed by atoms with Gasteiger partial charge in [0, 0.05) is 6.42 Å². The fraction of sp³-hybridized carbons (Fsp3) is 0.667. The molecule has 0 bridgehead atoms. The number of carbonyl (C=O) groups excluding carboxylic acids is 1. The number of rotatable bonds is 7. The molecule has 0 saturated heterocycles. The van der Waals surface area contributed by atoms with Gasteiger partial charge in [-0.2, -0.15) is 0 Å². The fourth-order valence-electron chi connectivity index (χ4n) is 0.906. The Balaban J connectivity index is 4.11. The van der Waals surface area contributed by atoms with Crippen molar-refractivity contribution < 1.29 is 19.5 Å². The highest BCUT2D eigenvalue weighted by molar-refractivity contribution is 6.38. The quantitative estimate of drug-likeness (QED) is 0.496. The van der Waals surface area contributed by atoms with Gasteiger partial charge in [0.1, 0.15) is 12.9 Å². The fourth-order valence-corrected chi connectivity index (χ4v) is 0.906. The van der Waals surface area contributed by atoms with Crippen LogP contribution in [0.25, 0.3) is 0 Å². The average Bonchev–Trinajstić information content (AvgIpc) is 2.14. The molecule has 0 amide bonds. The van der Waals surface area contributed by atoms with Gasteiger partial charge < -0.3 is 9.94 Å². The summed E-state index contributed by atoms with van der Waals surface area (Å²) in [6, 6.07) is 0. The largest absolute Gasteiger partial charge is 0.477 e. The third kappa shape index (κ3) is 5.29. The Morgan fingerprint density at radius 2 is 2.07 bits per heavy atom.